The molecule has 1 aliphatic heterocycles. The topological polar surface area (TPSA) is 47.9 Å². The van der Waals surface area contributed by atoms with Crippen LogP contribution in [0, 0.1) is 0 Å². The number of hydrogen-bond donors (Lipinski definition) is 0. The van der Waals surface area contributed by atoms with E-state index in [9.17, 15) is 4.79 Å². The highest BCUT2D eigenvalue weighted by molar-refractivity contribution is 5.93. The molecule has 0 saturated carbocycles. The minimum atomic E-state index is -0.665. The molecule has 0 N–H and O–H groups in total. The van der Waals surface area contributed by atoms with Gasteiger partial charge in [-0.25, -0.2) is 4.79 Å². The van der Waals surface area contributed by atoms with Crippen LogP contribution < -0.4 is 0 Å². The second-order valence-electron chi connectivity index (χ2n) is 2.66. The monoisotopic (exact) mass is 183 g/mol. The molecule has 13 heavy (non-hydrogen) atoms. The van der Waals surface area contributed by atoms with E-state index in [1.54, 1.807) is 0 Å². The molecule has 0 saturated heterocycles. The van der Waals surface area contributed by atoms with E-state index in [-0.39, 0.29) is 5.97 Å². The third-order valence-electron chi connectivity index (χ3n) is 1.57. The van der Waals surface area contributed by atoms with Crippen LogP contribution in [-0.2, 0) is 14.3 Å². The van der Waals surface area contributed by atoms with Gasteiger partial charge in [-0.05, 0) is 6.42 Å². The lowest BCUT2D eigenvalue weighted by Crippen LogP contribution is -2.27. The summed E-state index contributed by atoms with van der Waals surface area (Å²) in [7, 11) is 0. The van der Waals surface area contributed by atoms with Gasteiger partial charge in [-0.15, -0.1) is 0 Å². The van der Waals surface area contributed by atoms with E-state index in [1.165, 1.54) is 18.7 Å². The van der Waals surface area contributed by atoms with Gasteiger partial charge in [0.1, 0.15) is 6.26 Å². The molecule has 0 amide bonds. The molecule has 1 atom stereocenters. The average Bonchev–Trinajstić information content (AvgIpc) is 2.19. The summed E-state index contributed by atoms with van der Waals surface area (Å²) in [6.45, 7) is 2.49. The molecule has 72 valence electrons. The molecule has 1 heterocycles. The molecular formula is C9H13NO3. The van der Waals surface area contributed by atoms with Crippen molar-refractivity contribution in [2.75, 3.05) is 6.61 Å². The van der Waals surface area contributed by atoms with Crippen molar-refractivity contribution in [3.63, 3.8) is 0 Å². The van der Waals surface area contributed by atoms with Gasteiger partial charge in [0, 0.05) is 0 Å². The number of hydrogen-bond acceptors (Lipinski definition) is 4. The van der Waals surface area contributed by atoms with Crippen LogP contribution in [0.2, 0.25) is 0 Å². The number of esters is 1. The second-order valence-corrected chi connectivity index (χ2v) is 2.66. The van der Waals surface area contributed by atoms with E-state index in [4.69, 9.17) is 9.47 Å². The zero-order chi connectivity index (χ0) is 9.52. The highest BCUT2D eigenvalue weighted by atomic mass is 16.6. The normalized spacial score (nSPS) is 19.6. The maximum absolute atomic E-state index is 11.2. The van der Waals surface area contributed by atoms with Crippen LogP contribution in [0.3, 0.4) is 0 Å². The lowest BCUT2D eigenvalue weighted by molar-refractivity contribution is -0.150. The van der Waals surface area contributed by atoms with Crippen LogP contribution in [0.5, 0.6) is 0 Å². The van der Waals surface area contributed by atoms with Crippen molar-refractivity contribution >= 4 is 12.2 Å². The first-order valence-electron chi connectivity index (χ1n) is 4.35. The minimum absolute atomic E-state index is 0.374. The number of unbranched alkanes of at least 4 members (excludes halogenated alkanes) is 1. The molecule has 0 bridgehead atoms. The second kappa shape index (κ2) is 5.35. The minimum Gasteiger partial charge on any atom is -0.479 e. The quantitative estimate of drug-likeness (QED) is 0.487. The number of nitrogens with zero attached hydrogens (tertiary/aromatic N) is 1. The van der Waals surface area contributed by atoms with Crippen molar-refractivity contribution in [2.24, 2.45) is 4.99 Å². The van der Waals surface area contributed by atoms with E-state index >= 15 is 0 Å². The third-order valence-corrected chi connectivity index (χ3v) is 1.57. The summed E-state index contributed by atoms with van der Waals surface area (Å²) in [5, 5.41) is 0. The summed E-state index contributed by atoms with van der Waals surface area (Å²) in [5.41, 5.74) is 0. The summed E-state index contributed by atoms with van der Waals surface area (Å²) >= 11 is 0. The van der Waals surface area contributed by atoms with Crippen molar-refractivity contribution in [3.05, 3.63) is 12.5 Å². The predicted molar refractivity (Wildman–Crippen MR) is 48.4 cm³/mol. The Hall–Kier alpha value is -1.32. The SMILES string of the molecule is CCCCOC(=O)C1C=NC=CO1. The first-order valence-corrected chi connectivity index (χ1v) is 4.35. The number of aliphatic imine (C=N–C) groups is 1. The smallest absolute Gasteiger partial charge is 0.353 e. The van der Waals surface area contributed by atoms with Crippen LogP contribution in [0.1, 0.15) is 19.8 Å². The maximum Gasteiger partial charge on any atom is 0.353 e. The van der Waals surface area contributed by atoms with Crippen LogP contribution in [0.15, 0.2) is 17.5 Å². The van der Waals surface area contributed by atoms with Crippen molar-refractivity contribution in [1.29, 1.82) is 0 Å². The van der Waals surface area contributed by atoms with Gasteiger partial charge >= 0.3 is 5.97 Å². The van der Waals surface area contributed by atoms with Crippen molar-refractivity contribution in [1.82, 2.24) is 0 Å². The standard InChI is InChI=1S/C9H13NO3/c1-2-3-5-13-9(11)8-7-10-4-6-12-8/h4,6-8H,2-3,5H2,1H3. The van der Waals surface area contributed by atoms with Gasteiger partial charge in [-0.2, -0.15) is 0 Å². The molecule has 0 aromatic rings. The fourth-order valence-electron chi connectivity index (χ4n) is 0.834. The molecular weight excluding hydrogens is 170 g/mol. The highest BCUT2D eigenvalue weighted by Crippen LogP contribution is 2.00. The van der Waals surface area contributed by atoms with Gasteiger partial charge in [0.2, 0.25) is 6.10 Å². The van der Waals surface area contributed by atoms with Crippen LogP contribution in [0.4, 0.5) is 0 Å². The molecule has 0 aromatic heterocycles. The summed E-state index contributed by atoms with van der Waals surface area (Å²) in [4.78, 5) is 15.0. The van der Waals surface area contributed by atoms with Gasteiger partial charge in [-0.1, -0.05) is 13.3 Å². The zero-order valence-corrected chi connectivity index (χ0v) is 7.60. The molecule has 1 rings (SSSR count). The van der Waals surface area contributed by atoms with Gasteiger partial charge in [-0.3, -0.25) is 4.99 Å². The Bertz CT molecular complexity index is 223. The summed E-state index contributed by atoms with van der Waals surface area (Å²) < 4.78 is 9.90. The first kappa shape index (κ1) is 9.77. The largest absolute Gasteiger partial charge is 0.479 e. The Morgan fingerprint density at radius 1 is 1.69 bits per heavy atom. The van der Waals surface area contributed by atoms with Crippen LogP contribution >= 0.6 is 0 Å². The Kier molecular flexibility index (Phi) is 4.02. The lowest BCUT2D eigenvalue weighted by Gasteiger charge is -2.12. The number of ether oxygens (including phenoxy) is 2. The molecule has 0 aromatic carbocycles. The first-order chi connectivity index (χ1) is 6.34. The molecule has 4 heteroatoms. The van der Waals surface area contributed by atoms with Gasteiger partial charge in [0.25, 0.3) is 0 Å². The van der Waals surface area contributed by atoms with Crippen molar-refractivity contribution < 1.29 is 14.3 Å². The fourth-order valence-corrected chi connectivity index (χ4v) is 0.834. The zero-order valence-electron chi connectivity index (χ0n) is 7.60. The molecule has 1 unspecified atom stereocenters. The molecule has 0 aliphatic carbocycles. The Labute approximate surface area is 77.2 Å². The molecule has 0 spiro atoms. The summed E-state index contributed by atoms with van der Waals surface area (Å²) in [6.07, 6.45) is 5.51. The molecule has 1 aliphatic rings. The summed E-state index contributed by atoms with van der Waals surface area (Å²) in [6, 6.07) is 0. The van der Waals surface area contributed by atoms with Crippen molar-refractivity contribution in [2.45, 2.75) is 25.9 Å². The summed E-state index contributed by atoms with van der Waals surface area (Å²) in [5.74, 6) is -0.374. The Balaban J connectivity index is 2.23. The number of rotatable bonds is 4. The lowest BCUT2D eigenvalue weighted by atomic mass is 10.3. The van der Waals surface area contributed by atoms with Gasteiger partial charge < -0.3 is 9.47 Å². The molecule has 0 radical (unpaired) electrons. The number of carbonyl (C=O) groups excluding carboxylic acids is 1. The molecule has 4 nitrogen and oxygen atoms in total. The average molecular weight is 183 g/mol. The maximum atomic E-state index is 11.2. The predicted octanol–water partition coefficient (Wildman–Crippen LogP) is 1.27. The van der Waals surface area contributed by atoms with Crippen molar-refractivity contribution in [3.8, 4) is 0 Å². The number of carbonyl (C=O) groups is 1. The Morgan fingerprint density at radius 3 is 3.15 bits per heavy atom. The van der Waals surface area contributed by atoms with Gasteiger partial charge in [0.15, 0.2) is 0 Å². The molecule has 0 fully saturated rings. The Morgan fingerprint density at radius 2 is 2.54 bits per heavy atom. The fraction of sp³-hybridized carbons (Fsp3) is 0.556. The van der Waals surface area contributed by atoms with E-state index in [0.717, 1.165) is 12.8 Å². The van der Waals surface area contributed by atoms with E-state index < -0.39 is 6.10 Å². The van der Waals surface area contributed by atoms with E-state index in [0.29, 0.717) is 6.61 Å². The third kappa shape index (κ3) is 3.27. The van der Waals surface area contributed by atoms with Crippen LogP contribution in [-0.4, -0.2) is 24.9 Å². The van der Waals surface area contributed by atoms with E-state index in [2.05, 4.69) is 4.99 Å². The van der Waals surface area contributed by atoms with Crippen LogP contribution in [0.25, 0.3) is 0 Å². The highest BCUT2D eigenvalue weighted by Gasteiger charge is 2.18. The van der Waals surface area contributed by atoms with E-state index in [1.807, 2.05) is 6.92 Å². The van der Waals surface area contributed by atoms with Gasteiger partial charge in [0.05, 0.1) is 19.0 Å².